The molecule has 0 aliphatic carbocycles. The first kappa shape index (κ1) is 9.85. The number of nitrogen functional groups attached to an aromatic ring is 1. The van der Waals surface area contributed by atoms with E-state index in [0.29, 0.717) is 0 Å². The Morgan fingerprint density at radius 3 is 2.77 bits per heavy atom. The van der Waals surface area contributed by atoms with E-state index in [4.69, 9.17) is 22.1 Å². The van der Waals surface area contributed by atoms with Gasteiger partial charge in [0.15, 0.2) is 5.82 Å². The van der Waals surface area contributed by atoms with E-state index in [1.165, 1.54) is 4.68 Å². The second-order valence-corrected chi connectivity index (χ2v) is 2.75. The zero-order valence-electron chi connectivity index (χ0n) is 7.37. The van der Waals surface area contributed by atoms with Gasteiger partial charge in [0, 0.05) is 7.05 Å². The third kappa shape index (κ3) is 1.75. The van der Waals surface area contributed by atoms with Gasteiger partial charge in [-0.1, -0.05) is 11.6 Å². The molecule has 1 rings (SSSR count). The van der Waals surface area contributed by atoms with Crippen LogP contribution in [-0.4, -0.2) is 22.4 Å². The van der Waals surface area contributed by atoms with Gasteiger partial charge in [0.25, 0.3) is 0 Å². The standard InChI is InChI=1S/C7H10ClN3O2/c1-3-13-7(12)4-5(8)11(2)10-6(4)9/h3H2,1-2H3,(H2,9,10). The van der Waals surface area contributed by atoms with Gasteiger partial charge in [-0.25, -0.2) is 4.79 Å². The molecule has 0 aliphatic rings. The maximum absolute atomic E-state index is 11.3. The zero-order chi connectivity index (χ0) is 10.0. The Kier molecular flexibility index (Phi) is 2.77. The lowest BCUT2D eigenvalue weighted by molar-refractivity contribution is 0.0527. The Morgan fingerprint density at radius 2 is 2.38 bits per heavy atom. The summed E-state index contributed by atoms with van der Waals surface area (Å²) >= 11 is 5.76. The van der Waals surface area contributed by atoms with Gasteiger partial charge in [-0.2, -0.15) is 5.10 Å². The number of carbonyl (C=O) groups is 1. The molecule has 1 heterocycles. The number of halogens is 1. The van der Waals surface area contributed by atoms with Crippen LogP contribution in [-0.2, 0) is 11.8 Å². The monoisotopic (exact) mass is 203 g/mol. The molecule has 1 aromatic heterocycles. The summed E-state index contributed by atoms with van der Waals surface area (Å²) in [7, 11) is 1.60. The van der Waals surface area contributed by atoms with Crippen molar-refractivity contribution in [2.75, 3.05) is 12.3 Å². The van der Waals surface area contributed by atoms with Crippen LogP contribution in [0.15, 0.2) is 0 Å². The highest BCUT2D eigenvalue weighted by Gasteiger charge is 2.20. The van der Waals surface area contributed by atoms with Crippen molar-refractivity contribution in [1.29, 1.82) is 0 Å². The highest BCUT2D eigenvalue weighted by atomic mass is 35.5. The number of hydrogen-bond donors (Lipinski definition) is 1. The molecule has 0 bridgehead atoms. The van der Waals surface area contributed by atoms with E-state index >= 15 is 0 Å². The second kappa shape index (κ2) is 3.66. The summed E-state index contributed by atoms with van der Waals surface area (Å²) in [4.78, 5) is 11.3. The fraction of sp³-hybridized carbons (Fsp3) is 0.429. The Balaban J connectivity index is 3.06. The van der Waals surface area contributed by atoms with Crippen LogP contribution in [0.1, 0.15) is 17.3 Å². The first-order valence-electron chi connectivity index (χ1n) is 3.73. The maximum atomic E-state index is 11.3. The summed E-state index contributed by atoms with van der Waals surface area (Å²) < 4.78 is 6.07. The summed E-state index contributed by atoms with van der Waals surface area (Å²) in [6.45, 7) is 1.99. The van der Waals surface area contributed by atoms with Crippen LogP contribution in [0.2, 0.25) is 5.15 Å². The van der Waals surface area contributed by atoms with Gasteiger partial charge in [0.1, 0.15) is 10.7 Å². The molecular weight excluding hydrogens is 194 g/mol. The van der Waals surface area contributed by atoms with Crippen molar-refractivity contribution < 1.29 is 9.53 Å². The minimum atomic E-state index is -0.543. The Hall–Kier alpha value is -1.23. The first-order chi connectivity index (χ1) is 6.07. The van der Waals surface area contributed by atoms with E-state index in [2.05, 4.69) is 5.10 Å². The second-order valence-electron chi connectivity index (χ2n) is 2.40. The molecule has 0 aromatic carbocycles. The van der Waals surface area contributed by atoms with E-state index in [1.807, 2.05) is 0 Å². The topological polar surface area (TPSA) is 70.1 Å². The zero-order valence-corrected chi connectivity index (χ0v) is 8.13. The Labute approximate surface area is 80.4 Å². The fourth-order valence-corrected chi connectivity index (χ4v) is 1.13. The van der Waals surface area contributed by atoms with Gasteiger partial charge >= 0.3 is 5.97 Å². The van der Waals surface area contributed by atoms with Crippen LogP contribution in [0.25, 0.3) is 0 Å². The van der Waals surface area contributed by atoms with Crippen LogP contribution in [0.4, 0.5) is 5.82 Å². The number of aryl methyl sites for hydroxylation is 1. The van der Waals surface area contributed by atoms with E-state index in [0.717, 1.165) is 0 Å². The maximum Gasteiger partial charge on any atom is 0.345 e. The van der Waals surface area contributed by atoms with Gasteiger partial charge < -0.3 is 10.5 Å². The quantitative estimate of drug-likeness (QED) is 0.723. The first-order valence-corrected chi connectivity index (χ1v) is 4.10. The number of aromatic nitrogens is 2. The van der Waals surface area contributed by atoms with Gasteiger partial charge in [-0.3, -0.25) is 4.68 Å². The molecular formula is C7H10ClN3O2. The van der Waals surface area contributed by atoms with Gasteiger partial charge in [0.05, 0.1) is 6.61 Å². The number of nitrogens with two attached hydrogens (primary N) is 1. The molecule has 5 nitrogen and oxygen atoms in total. The van der Waals surface area contributed by atoms with Crippen molar-refractivity contribution in [3.63, 3.8) is 0 Å². The van der Waals surface area contributed by atoms with E-state index in [9.17, 15) is 4.79 Å². The highest BCUT2D eigenvalue weighted by molar-refractivity contribution is 6.33. The lowest BCUT2D eigenvalue weighted by Crippen LogP contribution is -2.06. The molecule has 72 valence electrons. The molecule has 0 atom stereocenters. The molecule has 0 radical (unpaired) electrons. The summed E-state index contributed by atoms with van der Waals surface area (Å²) in [6.07, 6.45) is 0. The molecule has 0 saturated carbocycles. The molecule has 13 heavy (non-hydrogen) atoms. The molecule has 0 fully saturated rings. The van der Waals surface area contributed by atoms with Crippen LogP contribution >= 0.6 is 11.6 Å². The summed E-state index contributed by atoms with van der Waals surface area (Å²) in [5.74, 6) is -0.455. The molecule has 0 amide bonds. The average molecular weight is 204 g/mol. The number of nitrogens with zero attached hydrogens (tertiary/aromatic N) is 2. The van der Waals surface area contributed by atoms with Crippen molar-refractivity contribution in [2.45, 2.75) is 6.92 Å². The highest BCUT2D eigenvalue weighted by Crippen LogP contribution is 2.21. The summed E-state index contributed by atoms with van der Waals surface area (Å²) in [5.41, 5.74) is 5.59. The number of esters is 1. The van der Waals surface area contributed by atoms with Gasteiger partial charge in [-0.05, 0) is 6.92 Å². The van der Waals surface area contributed by atoms with Crippen LogP contribution in [0, 0.1) is 0 Å². The van der Waals surface area contributed by atoms with Crippen LogP contribution < -0.4 is 5.73 Å². The number of anilines is 1. The molecule has 1 aromatic rings. The molecule has 0 unspecified atom stereocenters. The summed E-state index contributed by atoms with van der Waals surface area (Å²) in [5, 5.41) is 3.97. The van der Waals surface area contributed by atoms with Crippen LogP contribution in [0.3, 0.4) is 0 Å². The summed E-state index contributed by atoms with van der Waals surface area (Å²) in [6, 6.07) is 0. The largest absolute Gasteiger partial charge is 0.462 e. The third-order valence-electron chi connectivity index (χ3n) is 1.48. The third-order valence-corrected chi connectivity index (χ3v) is 1.92. The normalized spacial score (nSPS) is 10.1. The van der Waals surface area contributed by atoms with Crippen LogP contribution in [0.5, 0.6) is 0 Å². The fourth-order valence-electron chi connectivity index (χ4n) is 0.915. The van der Waals surface area contributed by atoms with Crippen molar-refractivity contribution in [3.8, 4) is 0 Å². The van der Waals surface area contributed by atoms with E-state index < -0.39 is 5.97 Å². The van der Waals surface area contributed by atoms with Crippen molar-refractivity contribution >= 4 is 23.4 Å². The average Bonchev–Trinajstić information content (AvgIpc) is 2.27. The smallest absolute Gasteiger partial charge is 0.345 e. The number of carbonyl (C=O) groups excluding carboxylic acids is 1. The predicted octanol–water partition coefficient (Wildman–Crippen LogP) is 0.832. The number of rotatable bonds is 2. The van der Waals surface area contributed by atoms with Crippen molar-refractivity contribution in [3.05, 3.63) is 10.7 Å². The number of hydrogen-bond acceptors (Lipinski definition) is 4. The molecule has 2 N–H and O–H groups in total. The van der Waals surface area contributed by atoms with Crippen molar-refractivity contribution in [2.24, 2.45) is 7.05 Å². The van der Waals surface area contributed by atoms with Gasteiger partial charge in [-0.15, -0.1) is 0 Å². The predicted molar refractivity (Wildman–Crippen MR) is 48.6 cm³/mol. The minimum Gasteiger partial charge on any atom is -0.462 e. The minimum absolute atomic E-state index is 0.0888. The van der Waals surface area contributed by atoms with E-state index in [1.54, 1.807) is 14.0 Å². The SMILES string of the molecule is CCOC(=O)c1c(N)nn(C)c1Cl. The number of ether oxygens (including phenoxy) is 1. The van der Waals surface area contributed by atoms with Crippen molar-refractivity contribution in [1.82, 2.24) is 9.78 Å². The van der Waals surface area contributed by atoms with E-state index in [-0.39, 0.29) is 23.1 Å². The molecule has 6 heteroatoms. The lowest BCUT2D eigenvalue weighted by atomic mass is 10.3. The Bertz CT molecular complexity index is 335. The molecule has 0 spiro atoms. The molecule has 0 saturated heterocycles. The van der Waals surface area contributed by atoms with Gasteiger partial charge in [0.2, 0.25) is 0 Å². The Morgan fingerprint density at radius 1 is 1.77 bits per heavy atom. The lowest BCUT2D eigenvalue weighted by Gasteiger charge is -1.99. The molecule has 0 aliphatic heterocycles.